The van der Waals surface area contributed by atoms with Gasteiger partial charge in [0, 0.05) is 12.7 Å². The van der Waals surface area contributed by atoms with Crippen molar-refractivity contribution >= 4 is 6.09 Å². The third-order valence-corrected chi connectivity index (χ3v) is 2.83. The van der Waals surface area contributed by atoms with E-state index >= 15 is 0 Å². The first-order valence-electron chi connectivity index (χ1n) is 7.59. The van der Waals surface area contributed by atoms with Crippen LogP contribution in [0.3, 0.4) is 0 Å². The van der Waals surface area contributed by atoms with Crippen LogP contribution in [0.4, 0.5) is 4.79 Å². The zero-order valence-corrected chi connectivity index (χ0v) is 13.8. The Hall–Kier alpha value is -2.50. The Balaban J connectivity index is 1.71. The van der Waals surface area contributed by atoms with Gasteiger partial charge in [-0.3, -0.25) is 4.68 Å². The minimum Gasteiger partial charge on any atom is -0.487 e. The molecule has 6 nitrogen and oxygen atoms in total. The van der Waals surface area contributed by atoms with Crippen LogP contribution in [-0.4, -0.2) is 28.0 Å². The van der Waals surface area contributed by atoms with Crippen LogP contribution in [0.25, 0.3) is 0 Å². The summed E-state index contributed by atoms with van der Waals surface area (Å²) in [6, 6.07) is 11.5. The molecule has 1 aromatic carbocycles. The van der Waals surface area contributed by atoms with E-state index in [0.29, 0.717) is 19.7 Å². The molecule has 0 unspecified atom stereocenters. The van der Waals surface area contributed by atoms with Gasteiger partial charge in [0.15, 0.2) is 0 Å². The number of carbonyl (C=O) groups is 1. The van der Waals surface area contributed by atoms with Crippen molar-refractivity contribution in [3.05, 3.63) is 48.3 Å². The summed E-state index contributed by atoms with van der Waals surface area (Å²) in [4.78, 5) is 11.5. The standard InChI is InChI=1S/C17H23N3O3/c1-17(2,3)23-16(21)18-10-12-20-11-9-14(19-20)13-22-15-7-5-4-6-8-15/h4-9,11H,10,12-13H2,1-3H3,(H,18,21). The number of hydrogen-bond donors (Lipinski definition) is 1. The minimum absolute atomic E-state index is 0.413. The van der Waals surface area contributed by atoms with Crippen LogP contribution in [0.2, 0.25) is 0 Å². The van der Waals surface area contributed by atoms with Crippen molar-refractivity contribution in [1.82, 2.24) is 15.1 Å². The van der Waals surface area contributed by atoms with E-state index in [0.717, 1.165) is 11.4 Å². The molecule has 2 rings (SSSR count). The number of rotatable bonds is 6. The van der Waals surface area contributed by atoms with Gasteiger partial charge in [-0.15, -0.1) is 0 Å². The van der Waals surface area contributed by atoms with Crippen LogP contribution in [0.15, 0.2) is 42.6 Å². The fourth-order valence-electron chi connectivity index (χ4n) is 1.87. The monoisotopic (exact) mass is 317 g/mol. The molecule has 0 fully saturated rings. The number of ether oxygens (including phenoxy) is 2. The summed E-state index contributed by atoms with van der Waals surface area (Å²) < 4.78 is 12.6. The first-order chi connectivity index (χ1) is 10.9. The summed E-state index contributed by atoms with van der Waals surface area (Å²) in [6.45, 7) is 6.94. The second-order valence-corrected chi connectivity index (χ2v) is 6.10. The molecule has 2 aromatic rings. The molecule has 0 saturated heterocycles. The van der Waals surface area contributed by atoms with E-state index in [-0.39, 0.29) is 0 Å². The third-order valence-electron chi connectivity index (χ3n) is 2.83. The lowest BCUT2D eigenvalue weighted by Crippen LogP contribution is -2.34. The number of carbonyl (C=O) groups excluding carboxylic acids is 1. The Kier molecular flexibility index (Phi) is 5.62. The van der Waals surface area contributed by atoms with Gasteiger partial charge in [0.05, 0.1) is 12.2 Å². The highest BCUT2D eigenvalue weighted by Crippen LogP contribution is 2.10. The third kappa shape index (κ3) is 6.42. The number of nitrogens with zero attached hydrogens (tertiary/aromatic N) is 2. The van der Waals surface area contributed by atoms with Crippen molar-refractivity contribution in [2.45, 2.75) is 39.5 Å². The number of alkyl carbamates (subject to hydrolysis) is 1. The summed E-state index contributed by atoms with van der Waals surface area (Å²) in [6.07, 6.45) is 1.44. The molecule has 1 N–H and O–H groups in total. The Labute approximate surface area is 136 Å². The predicted octanol–water partition coefficient (Wildman–Crippen LogP) is 2.99. The zero-order chi connectivity index (χ0) is 16.7. The number of amides is 1. The van der Waals surface area contributed by atoms with E-state index in [1.165, 1.54) is 0 Å². The largest absolute Gasteiger partial charge is 0.487 e. The maximum atomic E-state index is 11.5. The van der Waals surface area contributed by atoms with Crippen molar-refractivity contribution < 1.29 is 14.3 Å². The van der Waals surface area contributed by atoms with Crippen LogP contribution in [-0.2, 0) is 17.9 Å². The van der Waals surface area contributed by atoms with E-state index in [2.05, 4.69) is 10.4 Å². The fraction of sp³-hybridized carbons (Fsp3) is 0.412. The van der Waals surface area contributed by atoms with Gasteiger partial charge >= 0.3 is 6.09 Å². The van der Waals surface area contributed by atoms with Gasteiger partial charge in [-0.2, -0.15) is 5.10 Å². The molecule has 23 heavy (non-hydrogen) atoms. The summed E-state index contributed by atoms with van der Waals surface area (Å²) in [5.41, 5.74) is 0.351. The van der Waals surface area contributed by atoms with E-state index in [1.807, 2.05) is 63.4 Å². The minimum atomic E-state index is -0.488. The second-order valence-electron chi connectivity index (χ2n) is 6.10. The molecule has 124 valence electrons. The molecule has 1 aromatic heterocycles. The molecule has 0 aliphatic heterocycles. The SMILES string of the molecule is CC(C)(C)OC(=O)NCCn1ccc(COc2ccccc2)n1. The summed E-state index contributed by atoms with van der Waals surface area (Å²) in [5.74, 6) is 0.814. The Morgan fingerprint density at radius 3 is 2.65 bits per heavy atom. The van der Waals surface area contributed by atoms with Crippen LogP contribution < -0.4 is 10.1 Å². The molecule has 0 bridgehead atoms. The molecule has 0 aliphatic rings. The Bertz CT molecular complexity index is 618. The lowest BCUT2D eigenvalue weighted by Gasteiger charge is -2.19. The zero-order valence-electron chi connectivity index (χ0n) is 13.8. The predicted molar refractivity (Wildman–Crippen MR) is 87.2 cm³/mol. The average Bonchev–Trinajstić information content (AvgIpc) is 2.92. The quantitative estimate of drug-likeness (QED) is 0.889. The van der Waals surface area contributed by atoms with Crippen molar-refractivity contribution in [2.24, 2.45) is 0 Å². The first kappa shape index (κ1) is 16.9. The topological polar surface area (TPSA) is 65.4 Å². The number of para-hydroxylation sites is 1. The average molecular weight is 317 g/mol. The first-order valence-corrected chi connectivity index (χ1v) is 7.59. The summed E-state index contributed by atoms with van der Waals surface area (Å²) in [7, 11) is 0. The van der Waals surface area contributed by atoms with Gasteiger partial charge < -0.3 is 14.8 Å². The van der Waals surface area contributed by atoms with Crippen LogP contribution in [0.5, 0.6) is 5.75 Å². The molecular formula is C17H23N3O3. The van der Waals surface area contributed by atoms with Gasteiger partial charge in [-0.25, -0.2) is 4.79 Å². The highest BCUT2D eigenvalue weighted by atomic mass is 16.6. The lowest BCUT2D eigenvalue weighted by atomic mass is 10.2. The van der Waals surface area contributed by atoms with Gasteiger partial charge in [0.2, 0.25) is 0 Å². The fourth-order valence-corrected chi connectivity index (χ4v) is 1.87. The summed E-state index contributed by atoms with van der Waals surface area (Å²) in [5, 5.41) is 7.10. The molecule has 1 amide bonds. The van der Waals surface area contributed by atoms with Crippen molar-refractivity contribution in [2.75, 3.05) is 6.54 Å². The maximum Gasteiger partial charge on any atom is 0.407 e. The van der Waals surface area contributed by atoms with E-state index in [4.69, 9.17) is 9.47 Å². The van der Waals surface area contributed by atoms with E-state index in [9.17, 15) is 4.79 Å². The van der Waals surface area contributed by atoms with E-state index < -0.39 is 11.7 Å². The lowest BCUT2D eigenvalue weighted by molar-refractivity contribution is 0.0525. The van der Waals surface area contributed by atoms with Crippen molar-refractivity contribution in [1.29, 1.82) is 0 Å². The molecule has 6 heteroatoms. The molecule has 0 radical (unpaired) electrons. The normalized spacial score (nSPS) is 11.1. The van der Waals surface area contributed by atoms with Gasteiger partial charge in [0.25, 0.3) is 0 Å². The van der Waals surface area contributed by atoms with E-state index in [1.54, 1.807) is 4.68 Å². The van der Waals surface area contributed by atoms with Crippen LogP contribution >= 0.6 is 0 Å². The van der Waals surface area contributed by atoms with Gasteiger partial charge in [0.1, 0.15) is 18.0 Å². The highest BCUT2D eigenvalue weighted by Gasteiger charge is 2.15. The second kappa shape index (κ2) is 7.67. The number of benzene rings is 1. The van der Waals surface area contributed by atoms with Crippen LogP contribution in [0.1, 0.15) is 26.5 Å². The molecule has 0 spiro atoms. The molecule has 0 saturated carbocycles. The maximum absolute atomic E-state index is 11.5. The van der Waals surface area contributed by atoms with Crippen LogP contribution in [0, 0.1) is 0 Å². The van der Waals surface area contributed by atoms with Gasteiger partial charge in [-0.05, 0) is 39.0 Å². The van der Waals surface area contributed by atoms with Gasteiger partial charge in [-0.1, -0.05) is 18.2 Å². The summed E-state index contributed by atoms with van der Waals surface area (Å²) >= 11 is 0. The molecular weight excluding hydrogens is 294 g/mol. The molecule has 1 heterocycles. The van der Waals surface area contributed by atoms with Crippen molar-refractivity contribution in [3.8, 4) is 5.75 Å². The Morgan fingerprint density at radius 2 is 1.96 bits per heavy atom. The Morgan fingerprint density at radius 1 is 1.22 bits per heavy atom. The molecule has 0 aliphatic carbocycles. The van der Waals surface area contributed by atoms with Crippen molar-refractivity contribution in [3.63, 3.8) is 0 Å². The smallest absolute Gasteiger partial charge is 0.407 e. The number of hydrogen-bond acceptors (Lipinski definition) is 4. The molecule has 0 atom stereocenters. The number of aromatic nitrogens is 2. The number of nitrogens with one attached hydrogen (secondary N) is 1. The highest BCUT2D eigenvalue weighted by molar-refractivity contribution is 5.67.